The Labute approximate surface area is 147 Å². The lowest BCUT2D eigenvalue weighted by Gasteiger charge is -2.24. The molecule has 0 saturated carbocycles. The van der Waals surface area contributed by atoms with E-state index in [1.54, 1.807) is 52.0 Å². The van der Waals surface area contributed by atoms with Gasteiger partial charge in [-0.15, -0.1) is 0 Å². The van der Waals surface area contributed by atoms with Gasteiger partial charge < -0.3 is 19.9 Å². The number of hydrogen-bond donors (Lipinski definition) is 2. The van der Waals surface area contributed by atoms with Crippen molar-refractivity contribution in [1.29, 1.82) is 0 Å². The standard InChI is InChI=1S/C17H24ClNO5/c1-11(19-16(22)24-17(2,3)4)14(20)9-10-23-15(21)12-5-7-13(18)8-6-12/h5-8,11,14,20H,9-10H2,1-4H3,(H,19,22). The Bertz CT molecular complexity index is 553. The number of halogens is 1. The number of carbonyl (C=O) groups is 2. The van der Waals surface area contributed by atoms with Gasteiger partial charge in [0.2, 0.25) is 0 Å². The topological polar surface area (TPSA) is 84.9 Å². The van der Waals surface area contributed by atoms with E-state index in [4.69, 9.17) is 21.1 Å². The predicted octanol–water partition coefficient (Wildman–Crippen LogP) is 3.16. The molecule has 0 aliphatic carbocycles. The van der Waals surface area contributed by atoms with Crippen molar-refractivity contribution < 1.29 is 24.2 Å². The SMILES string of the molecule is CC(NC(=O)OC(C)(C)C)C(O)CCOC(=O)c1ccc(Cl)cc1. The zero-order chi connectivity index (χ0) is 18.3. The quantitative estimate of drug-likeness (QED) is 0.764. The van der Waals surface area contributed by atoms with Crippen LogP contribution in [0.1, 0.15) is 44.5 Å². The summed E-state index contributed by atoms with van der Waals surface area (Å²) < 4.78 is 10.2. The summed E-state index contributed by atoms with van der Waals surface area (Å²) in [7, 11) is 0. The van der Waals surface area contributed by atoms with Gasteiger partial charge in [0.05, 0.1) is 24.3 Å². The van der Waals surface area contributed by atoms with Gasteiger partial charge in [-0.2, -0.15) is 0 Å². The van der Waals surface area contributed by atoms with E-state index in [0.29, 0.717) is 10.6 Å². The lowest BCUT2D eigenvalue weighted by atomic mass is 10.1. The molecule has 0 aliphatic rings. The fourth-order valence-electron chi connectivity index (χ4n) is 1.78. The molecule has 2 atom stereocenters. The van der Waals surface area contributed by atoms with Crippen LogP contribution in [0.5, 0.6) is 0 Å². The van der Waals surface area contributed by atoms with Gasteiger partial charge in [-0.25, -0.2) is 9.59 Å². The number of aliphatic hydroxyl groups excluding tert-OH is 1. The van der Waals surface area contributed by atoms with Crippen LogP contribution >= 0.6 is 11.6 Å². The molecule has 2 unspecified atom stereocenters. The maximum absolute atomic E-state index is 11.8. The van der Waals surface area contributed by atoms with Crippen LogP contribution in [0, 0.1) is 0 Å². The van der Waals surface area contributed by atoms with Crippen molar-refractivity contribution in [2.24, 2.45) is 0 Å². The first kappa shape index (κ1) is 20.3. The number of alkyl carbamates (subject to hydrolysis) is 1. The van der Waals surface area contributed by atoms with E-state index in [1.807, 2.05) is 0 Å². The van der Waals surface area contributed by atoms with Crippen molar-refractivity contribution in [3.8, 4) is 0 Å². The van der Waals surface area contributed by atoms with E-state index in [2.05, 4.69) is 5.32 Å². The highest BCUT2D eigenvalue weighted by Crippen LogP contribution is 2.11. The van der Waals surface area contributed by atoms with Gasteiger partial charge in [-0.3, -0.25) is 0 Å². The van der Waals surface area contributed by atoms with Crippen LogP contribution in [-0.2, 0) is 9.47 Å². The molecule has 0 radical (unpaired) electrons. The monoisotopic (exact) mass is 357 g/mol. The predicted molar refractivity (Wildman–Crippen MR) is 91.2 cm³/mol. The third-order valence-corrected chi connectivity index (χ3v) is 3.30. The molecule has 1 aromatic carbocycles. The molecular formula is C17H24ClNO5. The molecule has 0 heterocycles. The summed E-state index contributed by atoms with van der Waals surface area (Å²) in [5.74, 6) is -0.494. The Kier molecular flexibility index (Phi) is 7.51. The Morgan fingerprint density at radius 1 is 1.25 bits per heavy atom. The van der Waals surface area contributed by atoms with E-state index in [0.717, 1.165) is 0 Å². The molecule has 1 aromatic rings. The molecule has 24 heavy (non-hydrogen) atoms. The zero-order valence-corrected chi connectivity index (χ0v) is 15.1. The molecular weight excluding hydrogens is 334 g/mol. The van der Waals surface area contributed by atoms with Gasteiger partial charge in [0.15, 0.2) is 0 Å². The van der Waals surface area contributed by atoms with Gasteiger partial charge in [0.25, 0.3) is 0 Å². The van der Waals surface area contributed by atoms with Crippen LogP contribution in [0.25, 0.3) is 0 Å². The summed E-state index contributed by atoms with van der Waals surface area (Å²) in [5.41, 5.74) is -0.225. The summed E-state index contributed by atoms with van der Waals surface area (Å²) in [6, 6.07) is 5.79. The second-order valence-electron chi connectivity index (χ2n) is 6.43. The molecule has 1 amide bonds. The Balaban J connectivity index is 2.34. The first-order chi connectivity index (χ1) is 11.1. The Morgan fingerprint density at radius 2 is 1.83 bits per heavy atom. The van der Waals surface area contributed by atoms with Crippen LogP contribution in [0.3, 0.4) is 0 Å². The minimum atomic E-state index is -0.865. The van der Waals surface area contributed by atoms with Gasteiger partial charge in [-0.05, 0) is 52.0 Å². The highest BCUT2D eigenvalue weighted by atomic mass is 35.5. The van der Waals surface area contributed by atoms with Crippen LogP contribution in [0.2, 0.25) is 5.02 Å². The third-order valence-electron chi connectivity index (χ3n) is 3.05. The van der Waals surface area contributed by atoms with Crippen LogP contribution in [-0.4, -0.2) is 41.5 Å². The summed E-state index contributed by atoms with van der Waals surface area (Å²) >= 11 is 5.75. The van der Waals surface area contributed by atoms with Crippen molar-refractivity contribution in [2.75, 3.05) is 6.61 Å². The molecule has 0 aliphatic heterocycles. The van der Waals surface area contributed by atoms with Crippen molar-refractivity contribution >= 4 is 23.7 Å². The normalized spacial score (nSPS) is 13.8. The molecule has 1 rings (SSSR count). The van der Waals surface area contributed by atoms with Crippen molar-refractivity contribution in [1.82, 2.24) is 5.32 Å². The molecule has 0 saturated heterocycles. The van der Waals surface area contributed by atoms with E-state index in [1.165, 1.54) is 0 Å². The van der Waals surface area contributed by atoms with E-state index < -0.39 is 29.8 Å². The van der Waals surface area contributed by atoms with E-state index >= 15 is 0 Å². The molecule has 2 N–H and O–H groups in total. The number of nitrogens with one attached hydrogen (secondary N) is 1. The average molecular weight is 358 g/mol. The fraction of sp³-hybridized carbons (Fsp3) is 0.529. The summed E-state index contributed by atoms with van der Waals surface area (Å²) in [6.45, 7) is 6.94. The maximum Gasteiger partial charge on any atom is 0.407 e. The van der Waals surface area contributed by atoms with Crippen LogP contribution in [0.15, 0.2) is 24.3 Å². The first-order valence-corrected chi connectivity index (χ1v) is 8.06. The Morgan fingerprint density at radius 3 is 2.38 bits per heavy atom. The van der Waals surface area contributed by atoms with E-state index in [-0.39, 0.29) is 13.0 Å². The largest absolute Gasteiger partial charge is 0.462 e. The molecule has 0 aromatic heterocycles. The molecule has 6 nitrogen and oxygen atoms in total. The summed E-state index contributed by atoms with van der Waals surface area (Å²) in [4.78, 5) is 23.4. The van der Waals surface area contributed by atoms with Gasteiger partial charge in [0.1, 0.15) is 5.60 Å². The number of benzene rings is 1. The van der Waals surface area contributed by atoms with Crippen molar-refractivity contribution in [3.63, 3.8) is 0 Å². The highest BCUT2D eigenvalue weighted by Gasteiger charge is 2.21. The van der Waals surface area contributed by atoms with Crippen LogP contribution in [0.4, 0.5) is 4.79 Å². The highest BCUT2D eigenvalue weighted by molar-refractivity contribution is 6.30. The van der Waals surface area contributed by atoms with Crippen molar-refractivity contribution in [3.05, 3.63) is 34.9 Å². The maximum atomic E-state index is 11.8. The second kappa shape index (κ2) is 8.89. The summed E-state index contributed by atoms with van der Waals surface area (Å²) in [5, 5.41) is 13.1. The number of ether oxygens (including phenoxy) is 2. The third kappa shape index (κ3) is 7.66. The lowest BCUT2D eigenvalue weighted by Crippen LogP contribution is -2.44. The van der Waals surface area contributed by atoms with Gasteiger partial charge in [-0.1, -0.05) is 11.6 Å². The number of carbonyl (C=O) groups excluding carboxylic acids is 2. The smallest absolute Gasteiger partial charge is 0.407 e. The number of rotatable bonds is 6. The fourth-order valence-corrected chi connectivity index (χ4v) is 1.91. The molecule has 0 spiro atoms. The number of esters is 1. The number of amides is 1. The van der Waals surface area contributed by atoms with Crippen molar-refractivity contribution in [2.45, 2.75) is 51.9 Å². The zero-order valence-electron chi connectivity index (χ0n) is 14.3. The second-order valence-corrected chi connectivity index (χ2v) is 6.87. The molecule has 0 bridgehead atoms. The van der Waals surface area contributed by atoms with Crippen LogP contribution < -0.4 is 5.32 Å². The summed E-state index contributed by atoms with van der Waals surface area (Å²) in [6.07, 6.45) is -1.28. The Hall–Kier alpha value is -1.79. The van der Waals surface area contributed by atoms with Gasteiger partial charge in [0, 0.05) is 11.4 Å². The molecule has 7 heteroatoms. The average Bonchev–Trinajstić information content (AvgIpc) is 2.45. The number of hydrogen-bond acceptors (Lipinski definition) is 5. The lowest BCUT2D eigenvalue weighted by molar-refractivity contribution is 0.0315. The molecule has 0 fully saturated rings. The number of aliphatic hydroxyl groups is 1. The minimum absolute atomic E-state index is 0.0307. The minimum Gasteiger partial charge on any atom is -0.462 e. The first-order valence-electron chi connectivity index (χ1n) is 7.69. The van der Waals surface area contributed by atoms with E-state index in [9.17, 15) is 14.7 Å². The molecule has 134 valence electrons. The van der Waals surface area contributed by atoms with Gasteiger partial charge >= 0.3 is 12.1 Å².